The van der Waals surface area contributed by atoms with Crippen LogP contribution in [0.25, 0.3) is 16.9 Å². The number of rotatable bonds is 6. The SMILES string of the molecule is COC(=O)c1ccc(-n2nccn2)c(C(=O)N2CCCC[C@H]2Cn2cc(-c3ccc(F)cn3)cn2)c1. The molecule has 0 bridgehead atoms. The molecule has 0 spiro atoms. The molecule has 184 valence electrons. The first-order valence-electron chi connectivity index (χ1n) is 11.6. The molecule has 1 saturated heterocycles. The van der Waals surface area contributed by atoms with E-state index in [1.165, 1.54) is 42.6 Å². The van der Waals surface area contributed by atoms with Crippen LogP contribution in [-0.4, -0.2) is 66.2 Å². The van der Waals surface area contributed by atoms with Crippen LogP contribution < -0.4 is 0 Å². The van der Waals surface area contributed by atoms with Gasteiger partial charge < -0.3 is 9.64 Å². The van der Waals surface area contributed by atoms with Crippen molar-refractivity contribution < 1.29 is 18.7 Å². The number of piperidine rings is 1. The fraction of sp³-hybridized carbons (Fsp3) is 0.280. The number of pyridine rings is 1. The molecule has 11 heteroatoms. The van der Waals surface area contributed by atoms with Gasteiger partial charge in [0.2, 0.25) is 0 Å². The Hall–Kier alpha value is -4.41. The van der Waals surface area contributed by atoms with Crippen LogP contribution in [0.3, 0.4) is 0 Å². The number of likely N-dealkylation sites (tertiary alicyclic amines) is 1. The van der Waals surface area contributed by atoms with Crippen molar-refractivity contribution in [3.05, 3.63) is 78.3 Å². The highest BCUT2D eigenvalue weighted by Crippen LogP contribution is 2.25. The summed E-state index contributed by atoms with van der Waals surface area (Å²) in [6, 6.07) is 7.62. The number of carbonyl (C=O) groups excluding carboxylic acids is 2. The molecule has 0 unspecified atom stereocenters. The van der Waals surface area contributed by atoms with Crippen LogP contribution in [0.1, 0.15) is 40.0 Å². The average Bonchev–Trinajstić information content (AvgIpc) is 3.61. The number of carbonyl (C=O) groups is 2. The molecule has 0 saturated carbocycles. The van der Waals surface area contributed by atoms with Gasteiger partial charge in [-0.3, -0.25) is 14.5 Å². The maximum atomic E-state index is 13.9. The molecule has 1 aliphatic heterocycles. The van der Waals surface area contributed by atoms with Gasteiger partial charge in [-0.1, -0.05) is 0 Å². The van der Waals surface area contributed by atoms with Crippen LogP contribution in [0.4, 0.5) is 4.39 Å². The summed E-state index contributed by atoms with van der Waals surface area (Å²) in [5, 5.41) is 12.8. The molecule has 0 N–H and O–H groups in total. The van der Waals surface area contributed by atoms with Crippen molar-refractivity contribution in [2.24, 2.45) is 0 Å². The standard InChI is InChI=1S/C25H24FN7O3/c1-36-25(35)17-5-8-23(33-28-9-10-29-33)21(12-17)24(34)32-11-3-2-4-20(32)16-31-15-18(13-30-31)22-7-6-19(26)14-27-22/h5-10,12-15,20H,2-4,11,16H2,1H3/t20-/m0/s1. The maximum absolute atomic E-state index is 13.9. The van der Waals surface area contributed by atoms with Gasteiger partial charge in [-0.05, 0) is 49.6 Å². The lowest BCUT2D eigenvalue weighted by Gasteiger charge is -2.36. The third-order valence-corrected chi connectivity index (χ3v) is 6.22. The van der Waals surface area contributed by atoms with Crippen molar-refractivity contribution in [1.29, 1.82) is 0 Å². The molecular formula is C25H24FN7O3. The second kappa shape index (κ2) is 10.1. The summed E-state index contributed by atoms with van der Waals surface area (Å²) in [5.74, 6) is -1.15. The van der Waals surface area contributed by atoms with Crippen molar-refractivity contribution in [2.75, 3.05) is 13.7 Å². The van der Waals surface area contributed by atoms with E-state index in [4.69, 9.17) is 4.74 Å². The number of halogens is 1. The molecule has 5 rings (SSSR count). The minimum Gasteiger partial charge on any atom is -0.465 e. The molecule has 4 heterocycles. The molecule has 3 aromatic heterocycles. The summed E-state index contributed by atoms with van der Waals surface area (Å²) in [5.41, 5.74) is 2.45. The first-order chi connectivity index (χ1) is 17.5. The minimum absolute atomic E-state index is 0.111. The molecule has 0 radical (unpaired) electrons. The van der Waals surface area contributed by atoms with E-state index in [2.05, 4.69) is 20.3 Å². The van der Waals surface area contributed by atoms with E-state index >= 15 is 0 Å². The number of hydrogen-bond donors (Lipinski definition) is 0. The highest BCUT2D eigenvalue weighted by molar-refractivity contribution is 6.01. The molecule has 1 aromatic carbocycles. The highest BCUT2D eigenvalue weighted by atomic mass is 19.1. The number of nitrogens with zero attached hydrogens (tertiary/aromatic N) is 7. The molecule has 1 aliphatic rings. The molecule has 4 aromatic rings. The Bertz CT molecular complexity index is 1370. The van der Waals surface area contributed by atoms with Crippen LogP contribution in [0.15, 0.2) is 61.3 Å². The van der Waals surface area contributed by atoms with E-state index in [1.54, 1.807) is 29.1 Å². The number of ether oxygens (including phenoxy) is 1. The van der Waals surface area contributed by atoms with Gasteiger partial charge in [-0.2, -0.15) is 20.1 Å². The number of hydrogen-bond acceptors (Lipinski definition) is 7. The van der Waals surface area contributed by atoms with Gasteiger partial charge in [0, 0.05) is 18.3 Å². The number of benzene rings is 1. The van der Waals surface area contributed by atoms with Gasteiger partial charge in [0.1, 0.15) is 5.82 Å². The van der Waals surface area contributed by atoms with Gasteiger partial charge in [0.25, 0.3) is 5.91 Å². The lowest BCUT2D eigenvalue weighted by molar-refractivity contribution is 0.0583. The van der Waals surface area contributed by atoms with E-state index in [0.29, 0.717) is 30.0 Å². The fourth-order valence-corrected chi connectivity index (χ4v) is 4.44. The summed E-state index contributed by atoms with van der Waals surface area (Å²) in [6.45, 7) is 1.06. The Kier molecular flexibility index (Phi) is 6.52. The van der Waals surface area contributed by atoms with Gasteiger partial charge in [-0.15, -0.1) is 0 Å². The lowest BCUT2D eigenvalue weighted by atomic mass is 9.99. The molecule has 36 heavy (non-hydrogen) atoms. The Labute approximate surface area is 206 Å². The van der Waals surface area contributed by atoms with Crippen LogP contribution in [0, 0.1) is 5.82 Å². The largest absolute Gasteiger partial charge is 0.465 e. The average molecular weight is 490 g/mol. The third kappa shape index (κ3) is 4.72. The molecule has 0 aliphatic carbocycles. The van der Waals surface area contributed by atoms with Gasteiger partial charge in [0.15, 0.2) is 0 Å². The molecule has 10 nitrogen and oxygen atoms in total. The number of methoxy groups -OCH3 is 1. The maximum Gasteiger partial charge on any atom is 0.337 e. The molecule has 1 fully saturated rings. The first-order valence-corrected chi connectivity index (χ1v) is 11.6. The summed E-state index contributed by atoms with van der Waals surface area (Å²) in [7, 11) is 1.30. The van der Waals surface area contributed by atoms with Crippen LogP contribution >= 0.6 is 0 Å². The van der Waals surface area contributed by atoms with Crippen molar-refractivity contribution in [3.8, 4) is 16.9 Å². The normalized spacial score (nSPS) is 15.6. The Morgan fingerprint density at radius 2 is 1.92 bits per heavy atom. The Morgan fingerprint density at radius 1 is 1.08 bits per heavy atom. The van der Waals surface area contributed by atoms with Gasteiger partial charge in [-0.25, -0.2) is 9.18 Å². The van der Waals surface area contributed by atoms with Crippen molar-refractivity contribution in [2.45, 2.75) is 31.8 Å². The topological polar surface area (TPSA) is 108 Å². The monoisotopic (exact) mass is 489 g/mol. The van der Waals surface area contributed by atoms with E-state index in [-0.39, 0.29) is 17.5 Å². The molecule has 1 atom stereocenters. The summed E-state index contributed by atoms with van der Waals surface area (Å²) in [6.07, 6.45) is 10.4. The predicted octanol–water partition coefficient (Wildman–Crippen LogP) is 3.15. The zero-order chi connectivity index (χ0) is 25.1. The van der Waals surface area contributed by atoms with Crippen molar-refractivity contribution >= 4 is 11.9 Å². The Morgan fingerprint density at radius 3 is 2.67 bits per heavy atom. The first kappa shape index (κ1) is 23.3. The minimum atomic E-state index is -0.530. The predicted molar refractivity (Wildman–Crippen MR) is 127 cm³/mol. The summed E-state index contributed by atoms with van der Waals surface area (Å²) in [4.78, 5) is 33.3. The second-order valence-corrected chi connectivity index (χ2v) is 8.50. The van der Waals surface area contributed by atoms with E-state index in [1.807, 2.05) is 11.1 Å². The third-order valence-electron chi connectivity index (χ3n) is 6.22. The number of aromatic nitrogens is 6. The highest BCUT2D eigenvalue weighted by Gasteiger charge is 2.30. The second-order valence-electron chi connectivity index (χ2n) is 8.50. The summed E-state index contributed by atoms with van der Waals surface area (Å²) >= 11 is 0. The van der Waals surface area contributed by atoms with Crippen LogP contribution in [0.2, 0.25) is 0 Å². The van der Waals surface area contributed by atoms with Gasteiger partial charge in [0.05, 0.1) is 67.0 Å². The molecular weight excluding hydrogens is 465 g/mol. The fourth-order valence-electron chi connectivity index (χ4n) is 4.44. The van der Waals surface area contributed by atoms with Crippen molar-refractivity contribution in [1.82, 2.24) is 34.7 Å². The quantitative estimate of drug-likeness (QED) is 0.383. The van der Waals surface area contributed by atoms with E-state index in [9.17, 15) is 14.0 Å². The lowest BCUT2D eigenvalue weighted by Crippen LogP contribution is -2.46. The smallest absolute Gasteiger partial charge is 0.337 e. The van der Waals surface area contributed by atoms with Crippen molar-refractivity contribution in [3.63, 3.8) is 0 Å². The zero-order valence-electron chi connectivity index (χ0n) is 19.6. The van der Waals surface area contributed by atoms with Crippen LogP contribution in [-0.2, 0) is 11.3 Å². The Balaban J connectivity index is 1.43. The van der Waals surface area contributed by atoms with Gasteiger partial charge >= 0.3 is 5.97 Å². The summed E-state index contributed by atoms with van der Waals surface area (Å²) < 4.78 is 19.9. The zero-order valence-corrected chi connectivity index (χ0v) is 19.6. The van der Waals surface area contributed by atoms with Crippen LogP contribution in [0.5, 0.6) is 0 Å². The van der Waals surface area contributed by atoms with E-state index in [0.717, 1.165) is 24.8 Å². The van der Waals surface area contributed by atoms with E-state index < -0.39 is 11.8 Å². The number of amides is 1. The molecule has 1 amide bonds. The number of esters is 1.